The molecular formula is C24H32N2O7S. The second-order valence-corrected chi connectivity index (χ2v) is 9.86. The fourth-order valence-corrected chi connectivity index (χ4v) is 5.18. The Hall–Kier alpha value is -2.98. The predicted molar refractivity (Wildman–Crippen MR) is 128 cm³/mol. The summed E-state index contributed by atoms with van der Waals surface area (Å²) in [5.74, 6) is 2.16. The third kappa shape index (κ3) is 6.77. The van der Waals surface area contributed by atoms with Crippen molar-refractivity contribution in [3.05, 3.63) is 47.5 Å². The van der Waals surface area contributed by atoms with E-state index in [1.807, 2.05) is 19.1 Å². The average molecular weight is 493 g/mol. The molecule has 34 heavy (non-hydrogen) atoms. The largest absolute Gasteiger partial charge is 0.494 e. The second kappa shape index (κ2) is 11.9. The number of methoxy groups -OCH3 is 2. The van der Waals surface area contributed by atoms with Gasteiger partial charge in [-0.3, -0.25) is 4.79 Å². The zero-order valence-corrected chi connectivity index (χ0v) is 20.7. The van der Waals surface area contributed by atoms with E-state index in [1.54, 1.807) is 38.5 Å². The van der Waals surface area contributed by atoms with Crippen LogP contribution < -0.4 is 24.3 Å². The third-order valence-corrected chi connectivity index (χ3v) is 7.39. The van der Waals surface area contributed by atoms with E-state index in [0.717, 1.165) is 16.9 Å². The maximum absolute atomic E-state index is 12.8. The lowest BCUT2D eigenvalue weighted by molar-refractivity contribution is -0.123. The van der Waals surface area contributed by atoms with Crippen LogP contribution in [-0.2, 0) is 27.8 Å². The lowest BCUT2D eigenvalue weighted by Gasteiger charge is -2.29. The molecule has 1 amide bonds. The van der Waals surface area contributed by atoms with E-state index < -0.39 is 10.0 Å². The highest BCUT2D eigenvalue weighted by molar-refractivity contribution is 7.89. The number of sulfonamides is 1. The Balaban J connectivity index is 1.42. The number of hydrogen-bond acceptors (Lipinski definition) is 7. The molecule has 3 rings (SSSR count). The van der Waals surface area contributed by atoms with Crippen LogP contribution in [0.5, 0.6) is 23.0 Å². The summed E-state index contributed by atoms with van der Waals surface area (Å²) in [7, 11) is -0.324. The average Bonchev–Trinajstić information content (AvgIpc) is 2.85. The van der Waals surface area contributed by atoms with Crippen LogP contribution >= 0.6 is 0 Å². The standard InChI is InChI=1S/C24H32N2O7S/c1-4-32-20-6-8-21(9-7-20)33-17-24(27)25-11-5-13-34(28,29)26-12-10-18-14-22(30-2)23(31-3)15-19(18)16-26/h6-9,14-15H,4-5,10-13,16-17H2,1-3H3,(H,25,27). The van der Waals surface area contributed by atoms with Crippen LogP contribution in [0.1, 0.15) is 24.5 Å². The number of carbonyl (C=O) groups is 1. The summed E-state index contributed by atoms with van der Waals surface area (Å²) in [6.45, 7) is 3.29. The Morgan fingerprint density at radius 1 is 1.00 bits per heavy atom. The summed E-state index contributed by atoms with van der Waals surface area (Å²) in [5.41, 5.74) is 1.97. The van der Waals surface area contributed by atoms with Gasteiger partial charge in [-0.1, -0.05) is 0 Å². The van der Waals surface area contributed by atoms with Crippen LogP contribution in [0, 0.1) is 0 Å². The molecular weight excluding hydrogens is 460 g/mol. The molecule has 0 saturated heterocycles. The number of benzene rings is 2. The molecule has 1 N–H and O–H groups in total. The van der Waals surface area contributed by atoms with Gasteiger partial charge >= 0.3 is 0 Å². The highest BCUT2D eigenvalue weighted by atomic mass is 32.2. The van der Waals surface area contributed by atoms with Crippen molar-refractivity contribution in [1.82, 2.24) is 9.62 Å². The Morgan fingerprint density at radius 3 is 2.24 bits per heavy atom. The number of nitrogens with one attached hydrogen (secondary N) is 1. The van der Waals surface area contributed by atoms with E-state index in [9.17, 15) is 13.2 Å². The van der Waals surface area contributed by atoms with E-state index in [2.05, 4.69) is 5.32 Å². The summed E-state index contributed by atoms with van der Waals surface area (Å²) in [5, 5.41) is 2.70. The Bertz CT molecular complexity index is 1070. The van der Waals surface area contributed by atoms with Gasteiger partial charge in [-0.15, -0.1) is 0 Å². The van der Waals surface area contributed by atoms with Crippen molar-refractivity contribution in [2.24, 2.45) is 0 Å². The Kier molecular flexibility index (Phi) is 9.00. The Labute approximate surface area is 201 Å². The number of amides is 1. The molecule has 0 saturated carbocycles. The maximum Gasteiger partial charge on any atom is 0.257 e. The van der Waals surface area contributed by atoms with Gasteiger partial charge in [-0.25, -0.2) is 8.42 Å². The summed E-state index contributed by atoms with van der Waals surface area (Å²) in [6, 6.07) is 10.7. The fourth-order valence-electron chi connectivity index (χ4n) is 3.70. The van der Waals surface area contributed by atoms with Crippen molar-refractivity contribution in [1.29, 1.82) is 0 Å². The minimum Gasteiger partial charge on any atom is -0.494 e. The van der Waals surface area contributed by atoms with Crippen LogP contribution in [0.4, 0.5) is 0 Å². The number of hydrogen-bond donors (Lipinski definition) is 1. The third-order valence-electron chi connectivity index (χ3n) is 5.48. The lowest BCUT2D eigenvalue weighted by atomic mass is 10.0. The van der Waals surface area contributed by atoms with Gasteiger partial charge in [0.15, 0.2) is 18.1 Å². The van der Waals surface area contributed by atoms with Gasteiger partial charge in [0.2, 0.25) is 10.0 Å². The molecule has 2 aromatic carbocycles. The second-order valence-electron chi connectivity index (χ2n) is 7.77. The van der Waals surface area contributed by atoms with Crippen molar-refractivity contribution < 1.29 is 32.2 Å². The molecule has 0 unspecified atom stereocenters. The molecule has 0 radical (unpaired) electrons. The maximum atomic E-state index is 12.8. The van der Waals surface area contributed by atoms with Gasteiger partial charge in [0.1, 0.15) is 11.5 Å². The van der Waals surface area contributed by atoms with Crippen LogP contribution in [0.2, 0.25) is 0 Å². The normalized spacial score (nSPS) is 13.6. The molecule has 9 nitrogen and oxygen atoms in total. The van der Waals surface area contributed by atoms with Crippen molar-refractivity contribution in [2.75, 3.05) is 46.3 Å². The molecule has 0 aromatic heterocycles. The first kappa shape index (κ1) is 25.6. The van der Waals surface area contributed by atoms with E-state index in [-0.39, 0.29) is 24.8 Å². The van der Waals surface area contributed by atoms with Gasteiger partial charge in [0, 0.05) is 19.6 Å². The quantitative estimate of drug-likeness (QED) is 0.454. The van der Waals surface area contributed by atoms with Gasteiger partial charge < -0.3 is 24.3 Å². The summed E-state index contributed by atoms with van der Waals surface area (Å²) in [4.78, 5) is 12.0. The summed E-state index contributed by atoms with van der Waals surface area (Å²) < 4.78 is 48.6. The minimum atomic E-state index is -3.46. The molecule has 0 fully saturated rings. The highest BCUT2D eigenvalue weighted by Gasteiger charge is 2.27. The number of nitrogens with zero attached hydrogens (tertiary/aromatic N) is 1. The number of rotatable bonds is 12. The van der Waals surface area contributed by atoms with E-state index in [1.165, 1.54) is 4.31 Å². The first-order valence-corrected chi connectivity index (χ1v) is 12.8. The smallest absolute Gasteiger partial charge is 0.257 e. The van der Waals surface area contributed by atoms with Crippen molar-refractivity contribution in [3.8, 4) is 23.0 Å². The zero-order valence-electron chi connectivity index (χ0n) is 19.8. The van der Waals surface area contributed by atoms with Crippen molar-refractivity contribution >= 4 is 15.9 Å². The van der Waals surface area contributed by atoms with Crippen molar-refractivity contribution in [3.63, 3.8) is 0 Å². The summed E-state index contributed by atoms with van der Waals surface area (Å²) in [6.07, 6.45) is 0.918. The SMILES string of the molecule is CCOc1ccc(OCC(=O)NCCCS(=O)(=O)N2CCc3cc(OC)c(OC)cc3C2)cc1. The number of fused-ring (bicyclic) bond motifs is 1. The van der Waals surface area contributed by atoms with Crippen LogP contribution in [-0.4, -0.2) is 64.9 Å². The first-order valence-electron chi connectivity index (χ1n) is 11.2. The summed E-state index contributed by atoms with van der Waals surface area (Å²) >= 11 is 0. The number of ether oxygens (including phenoxy) is 4. The zero-order chi connectivity index (χ0) is 24.6. The monoisotopic (exact) mass is 492 g/mol. The molecule has 0 atom stereocenters. The number of carbonyl (C=O) groups excluding carboxylic acids is 1. The highest BCUT2D eigenvalue weighted by Crippen LogP contribution is 2.33. The fraction of sp³-hybridized carbons (Fsp3) is 0.458. The van der Waals surface area contributed by atoms with E-state index >= 15 is 0 Å². The first-order chi connectivity index (χ1) is 16.4. The molecule has 186 valence electrons. The van der Waals surface area contributed by atoms with Gasteiger partial charge in [0.05, 0.1) is 26.6 Å². The van der Waals surface area contributed by atoms with Crippen molar-refractivity contribution in [2.45, 2.75) is 26.3 Å². The van der Waals surface area contributed by atoms with E-state index in [4.69, 9.17) is 18.9 Å². The van der Waals surface area contributed by atoms with Gasteiger partial charge in [-0.05, 0) is 67.3 Å². The molecule has 1 aliphatic rings. The van der Waals surface area contributed by atoms with Gasteiger partial charge in [-0.2, -0.15) is 4.31 Å². The Morgan fingerprint density at radius 2 is 1.62 bits per heavy atom. The molecule has 1 heterocycles. The lowest BCUT2D eigenvalue weighted by Crippen LogP contribution is -2.38. The van der Waals surface area contributed by atoms with Crippen LogP contribution in [0.15, 0.2) is 36.4 Å². The van der Waals surface area contributed by atoms with E-state index in [0.29, 0.717) is 49.8 Å². The van der Waals surface area contributed by atoms with Crippen LogP contribution in [0.3, 0.4) is 0 Å². The molecule has 0 bridgehead atoms. The molecule has 10 heteroatoms. The minimum absolute atomic E-state index is 0.0460. The van der Waals surface area contributed by atoms with Gasteiger partial charge in [0.25, 0.3) is 5.91 Å². The topological polar surface area (TPSA) is 103 Å². The molecule has 2 aromatic rings. The molecule has 1 aliphatic heterocycles. The molecule has 0 aliphatic carbocycles. The predicted octanol–water partition coefficient (Wildman–Crippen LogP) is 2.38. The molecule has 0 spiro atoms. The van der Waals surface area contributed by atoms with Crippen LogP contribution in [0.25, 0.3) is 0 Å².